The molecule has 1 N–H and O–H groups in total. The van der Waals surface area contributed by atoms with Gasteiger partial charge in [-0.15, -0.1) is 0 Å². The molecule has 2 aromatic rings. The van der Waals surface area contributed by atoms with E-state index >= 15 is 0 Å². The van der Waals surface area contributed by atoms with Crippen LogP contribution < -0.4 is 5.32 Å². The topological polar surface area (TPSA) is 55.1 Å². The zero-order valence-electron chi connectivity index (χ0n) is 11.9. The van der Waals surface area contributed by atoms with Crippen molar-refractivity contribution in [2.24, 2.45) is 0 Å². The third-order valence-electron chi connectivity index (χ3n) is 3.27. The third-order valence-corrected chi connectivity index (χ3v) is 3.27. The summed E-state index contributed by atoms with van der Waals surface area (Å²) in [5.74, 6) is -0.814. The van der Waals surface area contributed by atoms with Crippen molar-refractivity contribution in [2.75, 3.05) is 0 Å². The van der Waals surface area contributed by atoms with Crippen LogP contribution in [-0.2, 0) is 17.8 Å². The number of benzene rings is 1. The number of rotatable bonds is 5. The first kappa shape index (κ1) is 15.2. The zero-order valence-corrected chi connectivity index (χ0v) is 11.9. The molecular weight excluding hydrogens is 278 g/mol. The maximum Gasteiger partial charge on any atom is 0.220 e. The first-order valence-electron chi connectivity index (χ1n) is 6.59. The zero-order chi connectivity index (χ0) is 15.4. The van der Waals surface area contributed by atoms with E-state index in [1.165, 1.54) is 6.07 Å². The van der Waals surface area contributed by atoms with Crippen LogP contribution in [0.3, 0.4) is 0 Å². The standard InChI is InChI=1S/C15H16F2N2O2/c1-9-13(10(2)21-19-9)5-6-15(20)18-8-11-3-4-12(16)7-14(11)17/h3-4,7H,5-6,8H2,1-2H3,(H,18,20). The van der Waals surface area contributed by atoms with E-state index in [1.807, 2.05) is 6.92 Å². The maximum atomic E-state index is 13.4. The Morgan fingerprint density at radius 1 is 1.33 bits per heavy atom. The van der Waals surface area contributed by atoms with E-state index in [-0.39, 0.29) is 24.4 Å². The third kappa shape index (κ3) is 3.87. The average molecular weight is 294 g/mol. The molecule has 6 heteroatoms. The molecule has 0 unspecified atom stereocenters. The summed E-state index contributed by atoms with van der Waals surface area (Å²) in [5.41, 5.74) is 1.94. The number of nitrogens with zero attached hydrogens (tertiary/aromatic N) is 1. The summed E-state index contributed by atoms with van der Waals surface area (Å²) in [7, 11) is 0. The van der Waals surface area contributed by atoms with Gasteiger partial charge in [-0.1, -0.05) is 11.2 Å². The van der Waals surface area contributed by atoms with Crippen LogP contribution in [0.1, 0.15) is 29.0 Å². The summed E-state index contributed by atoms with van der Waals surface area (Å²) >= 11 is 0. The Labute approximate surface area is 121 Å². The van der Waals surface area contributed by atoms with Gasteiger partial charge >= 0.3 is 0 Å². The smallest absolute Gasteiger partial charge is 0.220 e. The molecule has 2 rings (SSSR count). The number of carbonyl (C=O) groups is 1. The molecule has 0 saturated heterocycles. The molecule has 4 nitrogen and oxygen atoms in total. The van der Waals surface area contributed by atoms with E-state index in [4.69, 9.17) is 4.52 Å². The number of amides is 1. The Morgan fingerprint density at radius 2 is 2.10 bits per heavy atom. The molecule has 1 amide bonds. The Bertz CT molecular complexity index is 634. The minimum atomic E-state index is -0.666. The van der Waals surface area contributed by atoms with Crippen LogP contribution in [0.15, 0.2) is 22.7 Å². The normalized spacial score (nSPS) is 10.7. The largest absolute Gasteiger partial charge is 0.361 e. The Hall–Kier alpha value is -2.24. The van der Waals surface area contributed by atoms with E-state index in [0.717, 1.165) is 23.4 Å². The van der Waals surface area contributed by atoms with Gasteiger partial charge in [0, 0.05) is 30.2 Å². The highest BCUT2D eigenvalue weighted by Crippen LogP contribution is 2.14. The number of hydrogen-bond acceptors (Lipinski definition) is 3. The first-order valence-corrected chi connectivity index (χ1v) is 6.59. The minimum Gasteiger partial charge on any atom is -0.361 e. The van der Waals surface area contributed by atoms with E-state index in [0.29, 0.717) is 12.2 Å². The SMILES string of the molecule is Cc1noc(C)c1CCC(=O)NCc1ccc(F)cc1F. The Balaban J connectivity index is 1.85. The van der Waals surface area contributed by atoms with Gasteiger partial charge in [0.05, 0.1) is 5.69 Å². The van der Waals surface area contributed by atoms with Crippen molar-refractivity contribution in [3.63, 3.8) is 0 Å². The van der Waals surface area contributed by atoms with Crippen molar-refractivity contribution in [3.8, 4) is 0 Å². The lowest BCUT2D eigenvalue weighted by molar-refractivity contribution is -0.121. The van der Waals surface area contributed by atoms with Gasteiger partial charge in [0.1, 0.15) is 17.4 Å². The fourth-order valence-electron chi connectivity index (χ4n) is 2.04. The second-order valence-electron chi connectivity index (χ2n) is 4.82. The molecule has 0 fully saturated rings. The van der Waals surface area contributed by atoms with Crippen molar-refractivity contribution in [1.82, 2.24) is 10.5 Å². The van der Waals surface area contributed by atoms with E-state index < -0.39 is 11.6 Å². The van der Waals surface area contributed by atoms with Crippen molar-refractivity contribution < 1.29 is 18.1 Å². The van der Waals surface area contributed by atoms with Gasteiger partial charge in [-0.05, 0) is 26.3 Å². The number of aromatic nitrogens is 1. The van der Waals surface area contributed by atoms with Gasteiger partial charge in [-0.2, -0.15) is 0 Å². The number of hydrogen-bond donors (Lipinski definition) is 1. The quantitative estimate of drug-likeness (QED) is 0.922. The lowest BCUT2D eigenvalue weighted by Crippen LogP contribution is -2.23. The van der Waals surface area contributed by atoms with Gasteiger partial charge in [0.15, 0.2) is 0 Å². The van der Waals surface area contributed by atoms with Crippen LogP contribution in [0.5, 0.6) is 0 Å². The molecule has 0 aliphatic heterocycles. The highest BCUT2D eigenvalue weighted by Gasteiger charge is 2.11. The van der Waals surface area contributed by atoms with Crippen LogP contribution in [0.2, 0.25) is 0 Å². The lowest BCUT2D eigenvalue weighted by atomic mass is 10.1. The molecule has 0 aliphatic carbocycles. The molecule has 0 aliphatic rings. The fraction of sp³-hybridized carbons (Fsp3) is 0.333. The molecule has 1 aromatic heterocycles. The van der Waals surface area contributed by atoms with Crippen molar-refractivity contribution in [1.29, 1.82) is 0 Å². The number of carbonyl (C=O) groups excluding carboxylic acids is 1. The second kappa shape index (κ2) is 6.47. The van der Waals surface area contributed by atoms with Crippen LogP contribution in [0.25, 0.3) is 0 Å². The van der Waals surface area contributed by atoms with Gasteiger partial charge in [-0.3, -0.25) is 4.79 Å². The Morgan fingerprint density at radius 3 is 2.71 bits per heavy atom. The Kier molecular flexibility index (Phi) is 4.67. The minimum absolute atomic E-state index is 0.0343. The van der Waals surface area contributed by atoms with Gasteiger partial charge in [-0.25, -0.2) is 8.78 Å². The fourth-order valence-corrected chi connectivity index (χ4v) is 2.04. The van der Waals surface area contributed by atoms with Crippen LogP contribution in [0.4, 0.5) is 8.78 Å². The van der Waals surface area contributed by atoms with Crippen molar-refractivity contribution >= 4 is 5.91 Å². The van der Waals surface area contributed by atoms with Crippen LogP contribution in [0, 0.1) is 25.5 Å². The summed E-state index contributed by atoms with van der Waals surface area (Å²) in [5, 5.41) is 6.42. The molecule has 1 heterocycles. The van der Waals surface area contributed by atoms with Gasteiger partial charge < -0.3 is 9.84 Å². The molecule has 0 spiro atoms. The number of aryl methyl sites for hydroxylation is 2. The molecule has 0 saturated carbocycles. The highest BCUT2D eigenvalue weighted by atomic mass is 19.1. The molecule has 21 heavy (non-hydrogen) atoms. The summed E-state index contributed by atoms with van der Waals surface area (Å²) in [4.78, 5) is 11.8. The molecule has 0 radical (unpaired) electrons. The van der Waals surface area contributed by atoms with Crippen LogP contribution >= 0.6 is 0 Å². The summed E-state index contributed by atoms with van der Waals surface area (Å²) in [6.45, 7) is 3.64. The van der Waals surface area contributed by atoms with Gasteiger partial charge in [0.2, 0.25) is 5.91 Å². The molecule has 0 bridgehead atoms. The van der Waals surface area contributed by atoms with Crippen molar-refractivity contribution in [3.05, 3.63) is 52.4 Å². The van der Waals surface area contributed by atoms with Crippen LogP contribution in [-0.4, -0.2) is 11.1 Å². The number of halogens is 2. The average Bonchev–Trinajstić information content (AvgIpc) is 2.75. The summed E-state index contributed by atoms with van der Waals surface area (Å²) in [6.07, 6.45) is 0.768. The number of nitrogens with one attached hydrogen (secondary N) is 1. The van der Waals surface area contributed by atoms with Crippen molar-refractivity contribution in [2.45, 2.75) is 33.2 Å². The van der Waals surface area contributed by atoms with E-state index in [2.05, 4.69) is 10.5 Å². The lowest BCUT2D eigenvalue weighted by Gasteiger charge is -2.06. The van der Waals surface area contributed by atoms with E-state index in [9.17, 15) is 13.6 Å². The highest BCUT2D eigenvalue weighted by molar-refractivity contribution is 5.76. The predicted molar refractivity (Wildman–Crippen MR) is 72.5 cm³/mol. The van der Waals surface area contributed by atoms with E-state index in [1.54, 1.807) is 6.92 Å². The molecule has 112 valence electrons. The summed E-state index contributed by atoms with van der Waals surface area (Å²) in [6, 6.07) is 3.28. The molecular formula is C15H16F2N2O2. The second-order valence-corrected chi connectivity index (χ2v) is 4.82. The first-order chi connectivity index (χ1) is 9.97. The summed E-state index contributed by atoms with van der Waals surface area (Å²) < 4.78 is 31.2. The molecule has 0 atom stereocenters. The monoisotopic (exact) mass is 294 g/mol. The predicted octanol–water partition coefficient (Wildman–Crippen LogP) is 2.82. The maximum absolute atomic E-state index is 13.4. The molecule has 1 aromatic carbocycles. The van der Waals surface area contributed by atoms with Gasteiger partial charge in [0.25, 0.3) is 0 Å².